The fraction of sp³-hybridized carbons (Fsp3) is 0.440. The van der Waals surface area contributed by atoms with Crippen molar-refractivity contribution in [1.29, 1.82) is 0 Å². The number of rotatable bonds is 1. The van der Waals surface area contributed by atoms with Crippen LogP contribution in [0.4, 0.5) is 0 Å². The lowest BCUT2D eigenvalue weighted by molar-refractivity contribution is -0.0471. The Morgan fingerprint density at radius 3 is 2.27 bits per heavy atom. The van der Waals surface area contributed by atoms with E-state index in [1.165, 1.54) is 58.4 Å². The minimum absolute atomic E-state index is 0.0850. The van der Waals surface area contributed by atoms with Gasteiger partial charge < -0.3 is 5.11 Å². The zero-order valence-corrected chi connectivity index (χ0v) is 15.9. The van der Waals surface area contributed by atoms with E-state index in [0.717, 1.165) is 24.8 Å². The molecular weight excluding hydrogens is 316 g/mol. The van der Waals surface area contributed by atoms with E-state index in [2.05, 4.69) is 56.3 Å². The quantitative estimate of drug-likeness (QED) is 0.516. The lowest BCUT2D eigenvalue weighted by atomic mass is 9.71. The van der Waals surface area contributed by atoms with E-state index < -0.39 is 5.60 Å². The van der Waals surface area contributed by atoms with Gasteiger partial charge in [0.25, 0.3) is 0 Å². The molecular formula is C25H28O. The van der Waals surface area contributed by atoms with Crippen LogP contribution in [-0.4, -0.2) is 5.11 Å². The highest BCUT2D eigenvalue weighted by Crippen LogP contribution is 2.54. The summed E-state index contributed by atoms with van der Waals surface area (Å²) in [6, 6.07) is 15.7. The normalized spacial score (nSPS) is 24.9. The van der Waals surface area contributed by atoms with Gasteiger partial charge in [0.15, 0.2) is 0 Å². The first kappa shape index (κ1) is 16.3. The van der Waals surface area contributed by atoms with Gasteiger partial charge >= 0.3 is 0 Å². The average Bonchev–Trinajstić information content (AvgIpc) is 2.94. The zero-order chi connectivity index (χ0) is 17.9. The predicted octanol–water partition coefficient (Wildman–Crippen LogP) is 6.27. The third-order valence-corrected chi connectivity index (χ3v) is 7.28. The lowest BCUT2D eigenvalue weighted by Gasteiger charge is -2.38. The Morgan fingerprint density at radius 2 is 1.50 bits per heavy atom. The Hall–Kier alpha value is -1.86. The molecule has 3 aromatic rings. The SMILES string of the molecule is CC1(C)CCCC1(O)c1cc2c3c(ccc2c2ccccc12)CCCC3. The van der Waals surface area contributed by atoms with Crippen molar-refractivity contribution in [3.05, 3.63) is 59.2 Å². The third-order valence-electron chi connectivity index (χ3n) is 7.28. The van der Waals surface area contributed by atoms with Crippen LogP contribution >= 0.6 is 0 Å². The fourth-order valence-electron chi connectivity index (χ4n) is 5.60. The molecule has 2 aliphatic carbocycles. The molecule has 0 saturated heterocycles. The van der Waals surface area contributed by atoms with Crippen molar-refractivity contribution >= 4 is 21.5 Å². The summed E-state index contributed by atoms with van der Waals surface area (Å²) in [6.45, 7) is 4.47. The molecule has 1 N–H and O–H groups in total. The number of benzene rings is 3. The topological polar surface area (TPSA) is 20.2 Å². The molecule has 0 radical (unpaired) electrons. The summed E-state index contributed by atoms with van der Waals surface area (Å²) >= 11 is 0. The second-order valence-corrected chi connectivity index (χ2v) is 9.07. The predicted molar refractivity (Wildman–Crippen MR) is 110 cm³/mol. The van der Waals surface area contributed by atoms with Gasteiger partial charge in [-0.15, -0.1) is 0 Å². The van der Waals surface area contributed by atoms with Crippen molar-refractivity contribution < 1.29 is 5.11 Å². The van der Waals surface area contributed by atoms with Crippen molar-refractivity contribution in [2.45, 2.75) is 64.4 Å². The second-order valence-electron chi connectivity index (χ2n) is 9.07. The summed E-state index contributed by atoms with van der Waals surface area (Å²) in [4.78, 5) is 0. The van der Waals surface area contributed by atoms with Gasteiger partial charge in [-0.2, -0.15) is 0 Å². The Bertz CT molecular complexity index is 1010. The number of hydrogen-bond donors (Lipinski definition) is 1. The number of fused-ring (bicyclic) bond motifs is 5. The highest BCUT2D eigenvalue weighted by atomic mass is 16.3. The fourth-order valence-corrected chi connectivity index (χ4v) is 5.60. The maximum atomic E-state index is 11.9. The maximum absolute atomic E-state index is 11.9. The summed E-state index contributed by atoms with van der Waals surface area (Å²) in [7, 11) is 0. The van der Waals surface area contributed by atoms with Crippen LogP contribution in [-0.2, 0) is 18.4 Å². The molecule has 5 rings (SSSR count). The van der Waals surface area contributed by atoms with Gasteiger partial charge in [0.05, 0.1) is 5.60 Å². The highest BCUT2D eigenvalue weighted by Gasteiger charge is 2.49. The molecule has 1 heteroatoms. The van der Waals surface area contributed by atoms with Crippen LogP contribution in [0, 0.1) is 5.41 Å². The first-order valence-electron chi connectivity index (χ1n) is 10.2. The molecule has 0 heterocycles. The molecule has 1 nitrogen and oxygen atoms in total. The van der Waals surface area contributed by atoms with Crippen LogP contribution in [0.5, 0.6) is 0 Å². The molecule has 2 aliphatic rings. The largest absolute Gasteiger partial charge is 0.385 e. The summed E-state index contributed by atoms with van der Waals surface area (Å²) in [5.74, 6) is 0. The van der Waals surface area contributed by atoms with Crippen molar-refractivity contribution in [3.63, 3.8) is 0 Å². The molecule has 0 bridgehead atoms. The molecule has 1 unspecified atom stereocenters. The minimum atomic E-state index is -0.738. The zero-order valence-electron chi connectivity index (χ0n) is 15.9. The van der Waals surface area contributed by atoms with E-state index in [0.29, 0.717) is 0 Å². The molecule has 1 fully saturated rings. The monoisotopic (exact) mass is 344 g/mol. The average molecular weight is 344 g/mol. The van der Waals surface area contributed by atoms with Crippen LogP contribution < -0.4 is 0 Å². The van der Waals surface area contributed by atoms with Crippen molar-refractivity contribution in [2.24, 2.45) is 5.41 Å². The summed E-state index contributed by atoms with van der Waals surface area (Å²) < 4.78 is 0. The Balaban J connectivity index is 1.90. The van der Waals surface area contributed by atoms with Gasteiger partial charge in [-0.05, 0) is 94.7 Å². The molecule has 0 amide bonds. The van der Waals surface area contributed by atoms with Crippen LogP contribution in [0.15, 0.2) is 42.5 Å². The number of aryl methyl sites for hydroxylation is 2. The standard InChI is InChI=1S/C25H28O/c1-24(2)14-7-15-25(24,26)23-16-22-18-9-4-3-8-17(18)12-13-20(22)19-10-5-6-11-21(19)23/h5-6,10-13,16,26H,3-4,7-9,14-15H2,1-2H3. The molecule has 26 heavy (non-hydrogen) atoms. The highest BCUT2D eigenvalue weighted by molar-refractivity contribution is 6.10. The molecule has 1 saturated carbocycles. The van der Waals surface area contributed by atoms with Crippen LogP contribution in [0.2, 0.25) is 0 Å². The first-order valence-corrected chi connectivity index (χ1v) is 10.2. The maximum Gasteiger partial charge on any atom is 0.0953 e. The molecule has 3 aromatic carbocycles. The first-order chi connectivity index (χ1) is 12.5. The second kappa shape index (κ2) is 5.57. The minimum Gasteiger partial charge on any atom is -0.385 e. The Labute approximate surface area is 156 Å². The number of hydrogen-bond acceptors (Lipinski definition) is 1. The van der Waals surface area contributed by atoms with E-state index in [4.69, 9.17) is 0 Å². The van der Waals surface area contributed by atoms with Crippen molar-refractivity contribution in [1.82, 2.24) is 0 Å². The van der Waals surface area contributed by atoms with Crippen LogP contribution in [0.25, 0.3) is 21.5 Å². The van der Waals surface area contributed by atoms with E-state index in [1.807, 2.05) is 0 Å². The van der Waals surface area contributed by atoms with E-state index in [-0.39, 0.29) is 5.41 Å². The summed E-state index contributed by atoms with van der Waals surface area (Å²) in [6.07, 6.45) is 8.01. The Morgan fingerprint density at radius 1 is 0.769 bits per heavy atom. The molecule has 0 spiro atoms. The van der Waals surface area contributed by atoms with E-state index in [1.54, 1.807) is 0 Å². The molecule has 134 valence electrons. The van der Waals surface area contributed by atoms with E-state index >= 15 is 0 Å². The number of aliphatic hydroxyl groups is 1. The summed E-state index contributed by atoms with van der Waals surface area (Å²) in [5.41, 5.74) is 3.38. The van der Waals surface area contributed by atoms with Crippen molar-refractivity contribution in [3.8, 4) is 0 Å². The van der Waals surface area contributed by atoms with Gasteiger partial charge in [0.1, 0.15) is 0 Å². The summed E-state index contributed by atoms with van der Waals surface area (Å²) in [5, 5.41) is 17.1. The van der Waals surface area contributed by atoms with Gasteiger partial charge in [0.2, 0.25) is 0 Å². The van der Waals surface area contributed by atoms with Crippen LogP contribution in [0.1, 0.15) is 62.6 Å². The van der Waals surface area contributed by atoms with Crippen molar-refractivity contribution in [2.75, 3.05) is 0 Å². The van der Waals surface area contributed by atoms with Gasteiger partial charge in [-0.1, -0.05) is 50.2 Å². The van der Waals surface area contributed by atoms with E-state index in [9.17, 15) is 5.11 Å². The molecule has 1 atom stereocenters. The lowest BCUT2D eigenvalue weighted by Crippen LogP contribution is -2.37. The molecule has 0 aliphatic heterocycles. The van der Waals surface area contributed by atoms with Gasteiger partial charge in [-0.3, -0.25) is 0 Å². The smallest absolute Gasteiger partial charge is 0.0953 e. The third kappa shape index (κ3) is 2.13. The van der Waals surface area contributed by atoms with Gasteiger partial charge in [-0.25, -0.2) is 0 Å². The Kier molecular flexibility index (Phi) is 3.49. The van der Waals surface area contributed by atoms with Crippen LogP contribution in [0.3, 0.4) is 0 Å². The van der Waals surface area contributed by atoms with Gasteiger partial charge in [0, 0.05) is 0 Å². The molecule has 0 aromatic heterocycles.